The molecule has 1 aliphatic rings. The molecule has 2 aromatic rings. The number of oxime groups is 1. The third-order valence-electron chi connectivity index (χ3n) is 4.42. The van der Waals surface area contributed by atoms with Crippen LogP contribution < -0.4 is 10.1 Å². The Bertz CT molecular complexity index is 869. The summed E-state index contributed by atoms with van der Waals surface area (Å²) >= 11 is 5.46. The average molecular weight is 353 g/mol. The maximum Gasteiger partial charge on any atom is 0.146 e. The minimum absolute atomic E-state index is 0.319. The van der Waals surface area contributed by atoms with Gasteiger partial charge in [-0.25, -0.2) is 0 Å². The minimum atomic E-state index is -0.349. The highest BCUT2D eigenvalue weighted by Gasteiger charge is 2.37. The highest BCUT2D eigenvalue weighted by Crippen LogP contribution is 2.30. The number of hydrogen-bond donors (Lipinski definition) is 2. The van der Waals surface area contributed by atoms with Crippen LogP contribution in [0.25, 0.3) is 10.9 Å². The minimum Gasteiger partial charge on any atom is -0.484 e. The van der Waals surface area contributed by atoms with E-state index >= 15 is 0 Å². The molecule has 0 bridgehead atoms. The largest absolute Gasteiger partial charge is 0.484 e. The van der Waals surface area contributed by atoms with Crippen molar-refractivity contribution in [3.05, 3.63) is 36.0 Å². The Morgan fingerprint density at radius 3 is 2.96 bits per heavy atom. The molecule has 1 saturated carbocycles. The Hall–Kier alpha value is -2.65. The molecule has 0 saturated heterocycles. The van der Waals surface area contributed by atoms with Gasteiger partial charge in [-0.15, -0.1) is 6.42 Å². The first-order chi connectivity index (χ1) is 12.0. The van der Waals surface area contributed by atoms with E-state index in [1.807, 2.05) is 31.2 Å². The number of terminal acetylenes is 1. The molecule has 1 aromatic heterocycles. The van der Waals surface area contributed by atoms with Gasteiger partial charge in [-0.1, -0.05) is 23.3 Å². The molecule has 1 fully saturated rings. The van der Waals surface area contributed by atoms with Crippen molar-refractivity contribution in [1.82, 2.24) is 10.3 Å². The van der Waals surface area contributed by atoms with Crippen molar-refractivity contribution in [2.45, 2.75) is 37.8 Å². The van der Waals surface area contributed by atoms with E-state index < -0.39 is 0 Å². The molecule has 1 aromatic carbocycles. The fourth-order valence-electron chi connectivity index (χ4n) is 2.82. The first kappa shape index (κ1) is 17.2. The van der Waals surface area contributed by atoms with Crippen molar-refractivity contribution in [1.29, 1.82) is 0 Å². The smallest absolute Gasteiger partial charge is 0.146 e. The van der Waals surface area contributed by atoms with E-state index in [1.54, 1.807) is 6.20 Å². The number of nitrogens with zero attached hydrogens (tertiary/aromatic N) is 2. The number of rotatable bonds is 5. The maximum absolute atomic E-state index is 8.83. The van der Waals surface area contributed by atoms with Gasteiger partial charge in [-0.2, -0.15) is 0 Å². The summed E-state index contributed by atoms with van der Waals surface area (Å²) in [6.45, 7) is 1.89. The second kappa shape index (κ2) is 7.08. The Morgan fingerprint density at radius 2 is 2.32 bits per heavy atom. The van der Waals surface area contributed by atoms with E-state index in [0.717, 1.165) is 35.7 Å². The van der Waals surface area contributed by atoms with E-state index in [2.05, 4.69) is 21.4 Å². The second-order valence-electron chi connectivity index (χ2n) is 6.23. The van der Waals surface area contributed by atoms with Crippen LogP contribution in [0, 0.1) is 12.3 Å². The van der Waals surface area contributed by atoms with Gasteiger partial charge < -0.3 is 15.3 Å². The van der Waals surface area contributed by atoms with Gasteiger partial charge >= 0.3 is 0 Å². The topological polar surface area (TPSA) is 66.7 Å². The van der Waals surface area contributed by atoms with E-state index in [4.69, 9.17) is 28.6 Å². The zero-order valence-corrected chi connectivity index (χ0v) is 14.7. The van der Waals surface area contributed by atoms with Gasteiger partial charge in [0.1, 0.15) is 16.8 Å². The number of pyridine rings is 1. The lowest BCUT2D eigenvalue weighted by atomic mass is 9.77. The van der Waals surface area contributed by atoms with Crippen molar-refractivity contribution in [3.8, 4) is 18.1 Å². The van der Waals surface area contributed by atoms with Crippen molar-refractivity contribution in [2.24, 2.45) is 5.16 Å². The second-order valence-corrected chi connectivity index (χ2v) is 6.67. The number of thiocarbonyl (C=S) groups is 1. The van der Waals surface area contributed by atoms with Gasteiger partial charge in [-0.3, -0.25) is 4.98 Å². The molecule has 25 heavy (non-hydrogen) atoms. The molecule has 128 valence electrons. The summed E-state index contributed by atoms with van der Waals surface area (Å²) in [6, 6.07) is 7.55. The van der Waals surface area contributed by atoms with Crippen LogP contribution in [-0.2, 0) is 0 Å². The van der Waals surface area contributed by atoms with Crippen LogP contribution in [0.1, 0.15) is 31.7 Å². The van der Waals surface area contributed by atoms with Gasteiger partial charge in [0.2, 0.25) is 0 Å². The molecule has 0 aliphatic heterocycles. The first-order valence-electron chi connectivity index (χ1n) is 8.09. The normalized spacial score (nSPS) is 16.8. The zero-order valence-electron chi connectivity index (χ0n) is 13.9. The highest BCUT2D eigenvalue weighted by molar-refractivity contribution is 7.80. The molecule has 3 rings (SSSR count). The lowest BCUT2D eigenvalue weighted by molar-refractivity contribution is 0.259. The third kappa shape index (κ3) is 3.72. The summed E-state index contributed by atoms with van der Waals surface area (Å²) in [5.41, 5.74) is 1.23. The SMILES string of the molecule is C#Cc1cnc2ccc(OC(C)C(=S)NC3(C=NO)CCC3)cc2c1. The number of nitrogens with one attached hydrogen (secondary N) is 1. The van der Waals surface area contributed by atoms with Crippen LogP contribution in [-0.4, -0.2) is 33.0 Å². The number of fused-ring (bicyclic) bond motifs is 1. The lowest BCUT2D eigenvalue weighted by Gasteiger charge is -2.40. The predicted octanol–water partition coefficient (Wildman–Crippen LogP) is 3.28. The van der Waals surface area contributed by atoms with Gasteiger partial charge in [0, 0.05) is 17.1 Å². The van der Waals surface area contributed by atoms with Crippen LogP contribution in [0.5, 0.6) is 5.75 Å². The number of aromatic nitrogens is 1. The molecule has 1 unspecified atom stereocenters. The van der Waals surface area contributed by atoms with E-state index in [-0.39, 0.29) is 11.6 Å². The summed E-state index contributed by atoms with van der Waals surface area (Å²) in [6.07, 6.45) is 11.1. The highest BCUT2D eigenvalue weighted by atomic mass is 32.1. The van der Waals surface area contributed by atoms with Crippen molar-refractivity contribution in [3.63, 3.8) is 0 Å². The third-order valence-corrected chi connectivity index (χ3v) is 4.86. The number of ether oxygens (including phenoxy) is 1. The van der Waals surface area contributed by atoms with Gasteiger partial charge in [0.05, 0.1) is 17.3 Å². The van der Waals surface area contributed by atoms with Crippen LogP contribution >= 0.6 is 12.2 Å². The van der Waals surface area contributed by atoms with Gasteiger partial charge in [-0.05, 0) is 50.5 Å². The zero-order chi connectivity index (χ0) is 17.9. The van der Waals surface area contributed by atoms with Crippen molar-refractivity contribution >= 4 is 34.3 Å². The molecular weight excluding hydrogens is 334 g/mol. The Kier molecular flexibility index (Phi) is 4.86. The first-order valence-corrected chi connectivity index (χ1v) is 8.50. The van der Waals surface area contributed by atoms with Crippen LogP contribution in [0.15, 0.2) is 35.6 Å². The molecule has 6 heteroatoms. The fraction of sp³-hybridized carbons (Fsp3) is 0.316. The summed E-state index contributed by atoms with van der Waals surface area (Å²) in [5.74, 6) is 3.27. The quantitative estimate of drug-likeness (QED) is 0.284. The average Bonchev–Trinajstić information content (AvgIpc) is 2.59. The van der Waals surface area contributed by atoms with Crippen LogP contribution in [0.2, 0.25) is 0 Å². The summed E-state index contributed by atoms with van der Waals surface area (Å²) in [5, 5.41) is 16.2. The Balaban J connectivity index is 1.71. The lowest BCUT2D eigenvalue weighted by Crippen LogP contribution is -2.56. The molecule has 1 aliphatic carbocycles. The predicted molar refractivity (Wildman–Crippen MR) is 102 cm³/mol. The molecule has 0 spiro atoms. The Morgan fingerprint density at radius 1 is 1.52 bits per heavy atom. The summed E-state index contributed by atoms with van der Waals surface area (Å²) in [7, 11) is 0. The maximum atomic E-state index is 8.83. The van der Waals surface area contributed by atoms with E-state index in [9.17, 15) is 0 Å². The van der Waals surface area contributed by atoms with Gasteiger partial charge in [0.25, 0.3) is 0 Å². The van der Waals surface area contributed by atoms with Crippen molar-refractivity contribution in [2.75, 3.05) is 0 Å². The van der Waals surface area contributed by atoms with E-state index in [0.29, 0.717) is 10.7 Å². The number of benzene rings is 1. The monoisotopic (exact) mass is 353 g/mol. The fourth-order valence-corrected chi connectivity index (χ4v) is 3.07. The number of hydrogen-bond acceptors (Lipinski definition) is 5. The standard InChI is InChI=1S/C19H19N3O2S/c1-3-14-9-15-10-16(5-6-17(15)20-11-14)24-13(2)18(25)22-19(12-21-23)7-4-8-19/h1,5-6,9-13,23H,4,7-8H2,2H3,(H,22,25). The molecule has 1 atom stereocenters. The molecule has 1 heterocycles. The van der Waals surface area contributed by atoms with Crippen LogP contribution in [0.4, 0.5) is 0 Å². The molecule has 0 amide bonds. The van der Waals surface area contributed by atoms with Gasteiger partial charge in [0.15, 0.2) is 0 Å². The Labute approximate surface area is 152 Å². The molecule has 5 nitrogen and oxygen atoms in total. The summed E-state index contributed by atoms with van der Waals surface area (Å²) in [4.78, 5) is 4.90. The molecular formula is C19H19N3O2S. The van der Waals surface area contributed by atoms with Crippen LogP contribution in [0.3, 0.4) is 0 Å². The van der Waals surface area contributed by atoms with E-state index in [1.165, 1.54) is 6.21 Å². The summed E-state index contributed by atoms with van der Waals surface area (Å²) < 4.78 is 5.96. The van der Waals surface area contributed by atoms with Crippen molar-refractivity contribution < 1.29 is 9.94 Å². The molecule has 0 radical (unpaired) electrons. The molecule has 2 N–H and O–H groups in total.